The van der Waals surface area contributed by atoms with Gasteiger partial charge < -0.3 is 5.32 Å². The second-order valence-electron chi connectivity index (χ2n) is 5.39. The average molecular weight is 402 g/mol. The number of hydrogen-bond donors (Lipinski definition) is 3. The fraction of sp³-hybridized carbons (Fsp3) is 0.0526. The number of fused-ring (bicyclic) bond motifs is 1. The summed E-state index contributed by atoms with van der Waals surface area (Å²) in [7, 11) is 0. The molecule has 0 aliphatic heterocycles. The number of hydrazine groups is 1. The van der Waals surface area contributed by atoms with Crippen molar-refractivity contribution < 1.29 is 4.79 Å². The predicted molar refractivity (Wildman–Crippen MR) is 113 cm³/mol. The zero-order valence-electron chi connectivity index (χ0n) is 13.7. The van der Waals surface area contributed by atoms with E-state index in [1.54, 1.807) is 6.08 Å². The fourth-order valence-electron chi connectivity index (χ4n) is 2.27. The zero-order chi connectivity index (χ0) is 18.4. The monoisotopic (exact) mass is 401 g/mol. The molecule has 1 aromatic heterocycles. The largest absolute Gasteiger partial charge is 0.357 e. The van der Waals surface area contributed by atoms with E-state index in [4.69, 9.17) is 23.8 Å². The first kappa shape index (κ1) is 18.4. The molecule has 0 saturated carbocycles. The molecular formula is C19H16ClN3OS2. The number of amides is 1. The number of hydrogen-bond acceptors (Lipinski definition) is 3. The number of thiophene rings is 1. The van der Waals surface area contributed by atoms with Crippen LogP contribution in [-0.4, -0.2) is 11.0 Å². The van der Waals surface area contributed by atoms with Crippen molar-refractivity contribution >= 4 is 62.3 Å². The van der Waals surface area contributed by atoms with Gasteiger partial charge in [0.05, 0.1) is 5.02 Å². The van der Waals surface area contributed by atoms with Gasteiger partial charge in [-0.05, 0) is 29.9 Å². The van der Waals surface area contributed by atoms with Gasteiger partial charge in [0.25, 0.3) is 5.91 Å². The summed E-state index contributed by atoms with van der Waals surface area (Å²) < 4.78 is 1.09. The minimum Gasteiger partial charge on any atom is -0.357 e. The number of carbonyl (C=O) groups is 1. The molecule has 26 heavy (non-hydrogen) atoms. The van der Waals surface area contributed by atoms with Crippen LogP contribution in [0.25, 0.3) is 16.2 Å². The van der Waals surface area contributed by atoms with Gasteiger partial charge in [-0.2, -0.15) is 0 Å². The Bertz CT molecular complexity index is 954. The van der Waals surface area contributed by atoms with Crippen LogP contribution in [0.5, 0.6) is 0 Å². The Kier molecular flexibility index (Phi) is 6.22. The average Bonchev–Trinajstić information content (AvgIpc) is 3.00. The van der Waals surface area contributed by atoms with Crippen LogP contribution in [0, 0.1) is 0 Å². The molecular weight excluding hydrogens is 386 g/mol. The lowest BCUT2D eigenvalue weighted by atomic mass is 10.2. The molecule has 7 heteroatoms. The van der Waals surface area contributed by atoms with Crippen molar-refractivity contribution in [3.63, 3.8) is 0 Å². The maximum absolute atomic E-state index is 11.9. The first-order valence-electron chi connectivity index (χ1n) is 7.86. The molecule has 0 radical (unpaired) electrons. The standard InChI is InChI=1S/C19H16ClN3OS2/c20-18-14-8-4-5-9-15(14)26-16(18)10-11-17(24)22-23-19(25)21-12-13-6-2-1-3-7-13/h1-11H,12H2,(H,22,24)(H2,21,23,25)/b11-10+. The van der Waals surface area contributed by atoms with E-state index in [0.29, 0.717) is 16.7 Å². The van der Waals surface area contributed by atoms with Crippen molar-refractivity contribution in [2.24, 2.45) is 0 Å². The van der Waals surface area contributed by atoms with Gasteiger partial charge in [0.1, 0.15) is 0 Å². The van der Waals surface area contributed by atoms with Gasteiger partial charge in [-0.3, -0.25) is 15.6 Å². The number of halogens is 1. The van der Waals surface area contributed by atoms with Gasteiger partial charge in [0.2, 0.25) is 0 Å². The van der Waals surface area contributed by atoms with Crippen LogP contribution in [0.2, 0.25) is 5.02 Å². The minimum atomic E-state index is -0.317. The SMILES string of the molecule is O=C(/C=C/c1sc2ccccc2c1Cl)NNC(=S)NCc1ccccc1. The Morgan fingerprint density at radius 2 is 1.81 bits per heavy atom. The molecule has 4 nitrogen and oxygen atoms in total. The van der Waals surface area contributed by atoms with Crippen molar-refractivity contribution in [3.05, 3.63) is 76.1 Å². The molecule has 0 unspecified atom stereocenters. The highest BCUT2D eigenvalue weighted by Gasteiger charge is 2.07. The van der Waals surface area contributed by atoms with E-state index >= 15 is 0 Å². The Labute approximate surface area is 165 Å². The summed E-state index contributed by atoms with van der Waals surface area (Å²) >= 11 is 13.0. The molecule has 3 rings (SSSR count). The van der Waals surface area contributed by atoms with E-state index in [0.717, 1.165) is 20.5 Å². The second kappa shape index (κ2) is 8.80. The van der Waals surface area contributed by atoms with Crippen molar-refractivity contribution in [2.45, 2.75) is 6.54 Å². The second-order valence-corrected chi connectivity index (χ2v) is 7.26. The first-order valence-corrected chi connectivity index (χ1v) is 9.46. The molecule has 132 valence electrons. The normalized spacial score (nSPS) is 10.8. The lowest BCUT2D eigenvalue weighted by Gasteiger charge is -2.10. The van der Waals surface area contributed by atoms with Gasteiger partial charge in [-0.1, -0.05) is 60.1 Å². The number of nitrogens with one attached hydrogen (secondary N) is 3. The van der Waals surface area contributed by atoms with Crippen LogP contribution in [0.4, 0.5) is 0 Å². The molecule has 2 aromatic carbocycles. The molecule has 0 saturated heterocycles. The summed E-state index contributed by atoms with van der Waals surface area (Å²) in [6.07, 6.45) is 3.12. The maximum atomic E-state index is 11.9. The van der Waals surface area contributed by atoms with Gasteiger partial charge >= 0.3 is 0 Å². The Balaban J connectivity index is 1.49. The molecule has 1 amide bonds. The molecule has 0 bridgehead atoms. The Morgan fingerprint density at radius 3 is 2.58 bits per heavy atom. The van der Waals surface area contributed by atoms with E-state index in [2.05, 4.69) is 16.2 Å². The predicted octanol–water partition coefficient (Wildman–Crippen LogP) is 4.26. The van der Waals surface area contributed by atoms with Crippen LogP contribution in [0.3, 0.4) is 0 Å². The van der Waals surface area contributed by atoms with E-state index < -0.39 is 0 Å². The third-order valence-electron chi connectivity index (χ3n) is 3.54. The zero-order valence-corrected chi connectivity index (χ0v) is 16.0. The summed E-state index contributed by atoms with van der Waals surface area (Å²) in [5, 5.41) is 5.01. The molecule has 1 heterocycles. The first-order chi connectivity index (χ1) is 12.6. The molecule has 0 aliphatic carbocycles. The van der Waals surface area contributed by atoms with E-state index in [1.807, 2.05) is 54.6 Å². The van der Waals surface area contributed by atoms with Gasteiger partial charge in [0.15, 0.2) is 5.11 Å². The van der Waals surface area contributed by atoms with Crippen LogP contribution in [0.1, 0.15) is 10.4 Å². The third kappa shape index (κ3) is 4.82. The molecule has 0 fully saturated rings. The van der Waals surface area contributed by atoms with Gasteiger partial charge in [-0.25, -0.2) is 0 Å². The topological polar surface area (TPSA) is 53.2 Å². The maximum Gasteiger partial charge on any atom is 0.262 e. The number of benzene rings is 2. The van der Waals surface area contributed by atoms with Gasteiger partial charge in [0, 0.05) is 27.6 Å². The fourth-order valence-corrected chi connectivity index (χ4v) is 3.80. The van der Waals surface area contributed by atoms with E-state index in [9.17, 15) is 4.79 Å². The van der Waals surface area contributed by atoms with Crippen molar-refractivity contribution in [3.8, 4) is 0 Å². The summed E-state index contributed by atoms with van der Waals surface area (Å²) in [6, 6.07) is 17.7. The molecule has 3 N–H and O–H groups in total. The number of carbonyl (C=O) groups excluding carboxylic acids is 1. The molecule has 3 aromatic rings. The highest BCUT2D eigenvalue weighted by atomic mass is 35.5. The summed E-state index contributed by atoms with van der Waals surface area (Å²) in [4.78, 5) is 12.8. The lowest BCUT2D eigenvalue weighted by molar-refractivity contribution is -0.116. The quantitative estimate of drug-likeness (QED) is 0.347. The summed E-state index contributed by atoms with van der Waals surface area (Å²) in [5.74, 6) is -0.317. The van der Waals surface area contributed by atoms with Crippen molar-refractivity contribution in [2.75, 3.05) is 0 Å². The van der Waals surface area contributed by atoms with Crippen LogP contribution in [0.15, 0.2) is 60.7 Å². The third-order valence-corrected chi connectivity index (χ3v) is 5.44. The molecule has 0 atom stereocenters. The summed E-state index contributed by atoms with van der Waals surface area (Å²) in [5.41, 5.74) is 6.29. The molecule has 0 spiro atoms. The van der Waals surface area contributed by atoms with E-state index in [-0.39, 0.29) is 5.91 Å². The number of thiocarbonyl (C=S) groups is 1. The van der Waals surface area contributed by atoms with Crippen LogP contribution < -0.4 is 16.2 Å². The van der Waals surface area contributed by atoms with Crippen LogP contribution in [-0.2, 0) is 11.3 Å². The van der Waals surface area contributed by atoms with E-state index in [1.165, 1.54) is 17.4 Å². The van der Waals surface area contributed by atoms with Crippen LogP contribution >= 0.6 is 35.2 Å². The number of rotatable bonds is 4. The van der Waals surface area contributed by atoms with Crippen molar-refractivity contribution in [1.29, 1.82) is 0 Å². The Hall–Kier alpha value is -2.41. The van der Waals surface area contributed by atoms with Crippen molar-refractivity contribution in [1.82, 2.24) is 16.2 Å². The Morgan fingerprint density at radius 1 is 1.08 bits per heavy atom. The highest BCUT2D eigenvalue weighted by Crippen LogP contribution is 2.35. The lowest BCUT2D eigenvalue weighted by Crippen LogP contribution is -2.45. The smallest absolute Gasteiger partial charge is 0.262 e. The minimum absolute atomic E-state index is 0.317. The highest BCUT2D eigenvalue weighted by molar-refractivity contribution is 7.80. The molecule has 0 aliphatic rings. The van der Waals surface area contributed by atoms with Gasteiger partial charge in [-0.15, -0.1) is 11.3 Å². The summed E-state index contributed by atoms with van der Waals surface area (Å²) in [6.45, 7) is 0.579.